The minimum absolute atomic E-state index is 0.0713. The molecule has 1 aliphatic heterocycles. The van der Waals surface area contributed by atoms with Crippen LogP contribution in [0.4, 0.5) is 4.79 Å². The molecule has 1 aromatic carbocycles. The number of hydrogen-bond acceptors (Lipinski definition) is 4. The van der Waals surface area contributed by atoms with E-state index in [2.05, 4.69) is 5.32 Å². The minimum Gasteiger partial charge on any atom is -0.456 e. The average Bonchev–Trinajstić information content (AvgIpc) is 2.83. The van der Waals surface area contributed by atoms with Gasteiger partial charge in [-0.2, -0.15) is 0 Å². The standard InChI is InChI=1S/C19H24N2O4/c1-13-8-6-7-11-19(13)17(23)21(18(24)20-19)12-16(22)25-14(2)15-9-4-3-5-10-15/h3-5,9-10,13-14H,6-8,11-12H2,1-2H3,(H,20,24)/t13-,14+,19-/m0/s1. The second kappa shape index (κ2) is 6.86. The fourth-order valence-electron chi connectivity index (χ4n) is 3.79. The maximum Gasteiger partial charge on any atom is 0.326 e. The van der Waals surface area contributed by atoms with Crippen molar-refractivity contribution >= 4 is 17.9 Å². The quantitative estimate of drug-likeness (QED) is 0.673. The van der Waals surface area contributed by atoms with Gasteiger partial charge >= 0.3 is 12.0 Å². The summed E-state index contributed by atoms with van der Waals surface area (Å²) in [6.07, 6.45) is 3.06. The van der Waals surface area contributed by atoms with Gasteiger partial charge in [0.1, 0.15) is 18.2 Å². The number of nitrogens with zero attached hydrogens (tertiary/aromatic N) is 1. The number of ether oxygens (including phenoxy) is 1. The van der Waals surface area contributed by atoms with Crippen LogP contribution < -0.4 is 5.32 Å². The Morgan fingerprint density at radius 2 is 2.04 bits per heavy atom. The van der Waals surface area contributed by atoms with Crippen LogP contribution in [-0.2, 0) is 14.3 Å². The van der Waals surface area contributed by atoms with Crippen molar-refractivity contribution in [2.24, 2.45) is 5.92 Å². The molecule has 134 valence electrons. The van der Waals surface area contributed by atoms with Crippen molar-refractivity contribution in [2.75, 3.05) is 6.54 Å². The van der Waals surface area contributed by atoms with Gasteiger partial charge in [0.05, 0.1) is 0 Å². The van der Waals surface area contributed by atoms with E-state index in [9.17, 15) is 14.4 Å². The van der Waals surface area contributed by atoms with Crippen LogP contribution in [0.5, 0.6) is 0 Å². The number of urea groups is 1. The van der Waals surface area contributed by atoms with Crippen LogP contribution in [0.2, 0.25) is 0 Å². The monoisotopic (exact) mass is 344 g/mol. The number of benzene rings is 1. The minimum atomic E-state index is -0.847. The van der Waals surface area contributed by atoms with E-state index in [0.717, 1.165) is 29.7 Å². The Morgan fingerprint density at radius 1 is 1.32 bits per heavy atom. The van der Waals surface area contributed by atoms with Crippen molar-refractivity contribution < 1.29 is 19.1 Å². The summed E-state index contributed by atoms with van der Waals surface area (Å²) in [5, 5.41) is 2.84. The Kier molecular flexibility index (Phi) is 4.79. The molecule has 2 aliphatic rings. The zero-order chi connectivity index (χ0) is 18.0. The lowest BCUT2D eigenvalue weighted by atomic mass is 9.73. The Bertz CT molecular complexity index is 675. The van der Waals surface area contributed by atoms with Gasteiger partial charge in [-0.1, -0.05) is 50.1 Å². The first-order chi connectivity index (χ1) is 11.9. The summed E-state index contributed by atoms with van der Waals surface area (Å²) in [4.78, 5) is 38.3. The summed E-state index contributed by atoms with van der Waals surface area (Å²) in [7, 11) is 0. The molecule has 3 amide bonds. The fourth-order valence-corrected chi connectivity index (χ4v) is 3.79. The molecule has 1 saturated heterocycles. The van der Waals surface area contributed by atoms with Gasteiger partial charge in [0, 0.05) is 0 Å². The molecule has 1 N–H and O–H groups in total. The predicted molar refractivity (Wildman–Crippen MR) is 91.6 cm³/mol. The largest absolute Gasteiger partial charge is 0.456 e. The normalized spacial score (nSPS) is 27.3. The van der Waals surface area contributed by atoms with Crippen LogP contribution >= 0.6 is 0 Å². The number of carbonyl (C=O) groups excluding carboxylic acids is 3. The van der Waals surface area contributed by atoms with Gasteiger partial charge in [-0.3, -0.25) is 14.5 Å². The van der Waals surface area contributed by atoms with Crippen molar-refractivity contribution in [3.05, 3.63) is 35.9 Å². The topological polar surface area (TPSA) is 75.7 Å². The number of hydrogen-bond donors (Lipinski definition) is 1. The summed E-state index contributed by atoms with van der Waals surface area (Å²) in [6, 6.07) is 8.85. The van der Waals surface area contributed by atoms with Crippen molar-refractivity contribution in [3.63, 3.8) is 0 Å². The average molecular weight is 344 g/mol. The zero-order valence-corrected chi connectivity index (χ0v) is 14.7. The molecular weight excluding hydrogens is 320 g/mol. The molecule has 0 radical (unpaired) electrons. The molecule has 1 aliphatic carbocycles. The van der Waals surface area contributed by atoms with Crippen molar-refractivity contribution in [1.82, 2.24) is 10.2 Å². The van der Waals surface area contributed by atoms with Crippen molar-refractivity contribution in [1.29, 1.82) is 0 Å². The molecule has 6 nitrogen and oxygen atoms in total. The van der Waals surface area contributed by atoms with Gasteiger partial charge in [-0.05, 0) is 31.2 Å². The highest BCUT2D eigenvalue weighted by atomic mass is 16.5. The number of rotatable bonds is 4. The van der Waals surface area contributed by atoms with Gasteiger partial charge in [-0.15, -0.1) is 0 Å². The molecule has 0 bridgehead atoms. The zero-order valence-electron chi connectivity index (χ0n) is 14.7. The smallest absolute Gasteiger partial charge is 0.326 e. The second-order valence-electron chi connectivity index (χ2n) is 6.98. The van der Waals surface area contributed by atoms with Crippen LogP contribution in [0.15, 0.2) is 30.3 Å². The number of nitrogens with one attached hydrogen (secondary N) is 1. The maximum absolute atomic E-state index is 12.8. The lowest BCUT2D eigenvalue weighted by Gasteiger charge is -2.36. The number of esters is 1. The summed E-state index contributed by atoms with van der Waals surface area (Å²) < 4.78 is 5.38. The van der Waals surface area contributed by atoms with Gasteiger partial charge in [-0.25, -0.2) is 4.79 Å². The van der Waals surface area contributed by atoms with E-state index in [1.54, 1.807) is 6.92 Å². The van der Waals surface area contributed by atoms with Crippen LogP contribution in [-0.4, -0.2) is 34.9 Å². The van der Waals surface area contributed by atoms with E-state index in [4.69, 9.17) is 4.74 Å². The third-order valence-electron chi connectivity index (χ3n) is 5.37. The lowest BCUT2D eigenvalue weighted by molar-refractivity contribution is -0.152. The molecule has 1 heterocycles. The third kappa shape index (κ3) is 3.25. The molecule has 1 spiro atoms. The molecule has 25 heavy (non-hydrogen) atoms. The van der Waals surface area contributed by atoms with Gasteiger partial charge < -0.3 is 10.1 Å². The van der Waals surface area contributed by atoms with E-state index in [1.165, 1.54) is 0 Å². The maximum atomic E-state index is 12.8. The molecular formula is C19H24N2O4. The number of amides is 3. The summed E-state index contributed by atoms with van der Waals surface area (Å²) in [5.74, 6) is -0.809. The predicted octanol–water partition coefficient (Wildman–Crippen LogP) is 2.79. The summed E-state index contributed by atoms with van der Waals surface area (Å²) >= 11 is 0. The van der Waals surface area contributed by atoms with Gasteiger partial charge in [0.25, 0.3) is 5.91 Å². The molecule has 3 atom stereocenters. The fraction of sp³-hybridized carbons (Fsp3) is 0.526. The Balaban J connectivity index is 1.65. The van der Waals surface area contributed by atoms with E-state index in [0.29, 0.717) is 6.42 Å². The molecule has 6 heteroatoms. The van der Waals surface area contributed by atoms with E-state index >= 15 is 0 Å². The first-order valence-corrected chi connectivity index (χ1v) is 8.82. The molecule has 0 unspecified atom stereocenters. The van der Waals surface area contributed by atoms with Gasteiger partial charge in [0.2, 0.25) is 0 Å². The second-order valence-corrected chi connectivity index (χ2v) is 6.98. The summed E-state index contributed by atoms with van der Waals surface area (Å²) in [5.41, 5.74) is 0.0196. The molecule has 0 aromatic heterocycles. The van der Waals surface area contributed by atoms with E-state index in [-0.39, 0.29) is 18.4 Å². The summed E-state index contributed by atoms with van der Waals surface area (Å²) in [6.45, 7) is 3.40. The highest BCUT2D eigenvalue weighted by molar-refractivity contribution is 6.08. The lowest BCUT2D eigenvalue weighted by Crippen LogP contribution is -2.54. The van der Waals surface area contributed by atoms with E-state index in [1.807, 2.05) is 37.3 Å². The highest BCUT2D eigenvalue weighted by Gasteiger charge is 2.55. The Labute approximate surface area is 147 Å². The molecule has 3 rings (SSSR count). The SMILES string of the molecule is C[C@@H](OC(=O)CN1C(=O)N[C@]2(CCCC[C@@H]2C)C1=O)c1ccccc1. The molecule has 1 saturated carbocycles. The van der Waals surface area contributed by atoms with Crippen LogP contribution in [0.1, 0.15) is 51.2 Å². The number of carbonyl (C=O) groups is 3. The Morgan fingerprint density at radius 3 is 2.72 bits per heavy atom. The van der Waals surface area contributed by atoms with Crippen LogP contribution in [0, 0.1) is 5.92 Å². The van der Waals surface area contributed by atoms with E-state index < -0.39 is 23.6 Å². The first kappa shape index (κ1) is 17.5. The van der Waals surface area contributed by atoms with Crippen LogP contribution in [0.3, 0.4) is 0 Å². The third-order valence-corrected chi connectivity index (χ3v) is 5.37. The first-order valence-electron chi connectivity index (χ1n) is 8.82. The van der Waals surface area contributed by atoms with Crippen molar-refractivity contribution in [3.8, 4) is 0 Å². The highest BCUT2D eigenvalue weighted by Crippen LogP contribution is 2.38. The molecule has 2 fully saturated rings. The van der Waals surface area contributed by atoms with Gasteiger partial charge in [0.15, 0.2) is 0 Å². The Hall–Kier alpha value is -2.37. The van der Waals surface area contributed by atoms with Crippen LogP contribution in [0.25, 0.3) is 0 Å². The molecule has 1 aromatic rings. The van der Waals surface area contributed by atoms with Crippen molar-refractivity contribution in [2.45, 2.75) is 51.2 Å². The number of imide groups is 1.